The Balaban J connectivity index is 5.51. The summed E-state index contributed by atoms with van der Waals surface area (Å²) in [7, 11) is -3.80. The van der Waals surface area contributed by atoms with Gasteiger partial charge in [-0.3, -0.25) is 0 Å². The molecule has 1 unspecified atom stereocenters. The van der Waals surface area contributed by atoms with Crippen molar-refractivity contribution in [3.8, 4) is 0 Å². The zero-order chi connectivity index (χ0) is 17.9. The fourth-order valence-electron chi connectivity index (χ4n) is 1.30. The fraction of sp³-hybridized carbons (Fsp3) is 0.467. The Morgan fingerprint density at radius 3 is 1.57 bits per heavy atom. The van der Waals surface area contributed by atoms with Crippen LogP contribution in [0.3, 0.4) is 0 Å². The molecule has 0 aromatic heterocycles. The minimum absolute atomic E-state index is 0.286. The van der Waals surface area contributed by atoms with E-state index in [0.717, 1.165) is 6.42 Å². The average molecular weight is 346 g/mol. The Hall–Kier alpha value is -1.74. The van der Waals surface area contributed by atoms with Gasteiger partial charge in [-0.15, -0.1) is 0 Å². The highest BCUT2D eigenvalue weighted by atomic mass is 28.4. The molecule has 0 aromatic carbocycles. The highest BCUT2D eigenvalue weighted by molar-refractivity contribution is 6.61. The fourth-order valence-corrected chi connectivity index (χ4v) is 3.38. The molecule has 0 rings (SSSR count). The van der Waals surface area contributed by atoms with Crippen molar-refractivity contribution >= 4 is 8.80 Å². The molecule has 8 heteroatoms. The molecule has 132 valence electrons. The molecule has 0 saturated carbocycles. The third-order valence-electron chi connectivity index (χ3n) is 2.11. The second kappa shape index (κ2) is 10.9. The van der Waals surface area contributed by atoms with Crippen molar-refractivity contribution in [3.05, 3.63) is 49.9 Å². The minimum Gasteiger partial charge on any atom is -0.494 e. The minimum atomic E-state index is -3.80. The van der Waals surface area contributed by atoms with Crippen molar-refractivity contribution in [2.45, 2.75) is 46.3 Å². The van der Waals surface area contributed by atoms with Crippen LogP contribution in [0.2, 0.25) is 0 Å². The summed E-state index contributed by atoms with van der Waals surface area (Å²) in [6, 6.07) is 0. The van der Waals surface area contributed by atoms with Crippen LogP contribution in [0.1, 0.15) is 40.5 Å². The molecular formula is C15H26O7Si. The summed E-state index contributed by atoms with van der Waals surface area (Å²) < 4.78 is 21.5. The summed E-state index contributed by atoms with van der Waals surface area (Å²) in [5.74, 6) is 0.857. The highest BCUT2D eigenvalue weighted by Gasteiger charge is 2.59. The lowest BCUT2D eigenvalue weighted by Gasteiger charge is -2.30. The van der Waals surface area contributed by atoms with Crippen LogP contribution in [0.4, 0.5) is 0 Å². The van der Waals surface area contributed by atoms with Gasteiger partial charge in [-0.2, -0.15) is 13.7 Å². The molecule has 0 N–H and O–H groups in total. The number of ether oxygens (including phenoxy) is 1. The van der Waals surface area contributed by atoms with Gasteiger partial charge >= 0.3 is 8.80 Å². The monoisotopic (exact) mass is 346 g/mol. The van der Waals surface area contributed by atoms with Crippen LogP contribution in [-0.4, -0.2) is 14.5 Å². The van der Waals surface area contributed by atoms with Crippen LogP contribution in [0, 0.1) is 0 Å². The van der Waals surface area contributed by atoms with E-state index in [0.29, 0.717) is 6.42 Å². The summed E-state index contributed by atoms with van der Waals surface area (Å²) in [5.41, 5.74) is -0.692. The van der Waals surface area contributed by atoms with Crippen molar-refractivity contribution in [1.82, 2.24) is 0 Å². The Kier molecular flexibility index (Phi) is 10.1. The number of rotatable bonds is 14. The van der Waals surface area contributed by atoms with Crippen molar-refractivity contribution in [2.75, 3.05) is 0 Å². The Morgan fingerprint density at radius 1 is 0.913 bits per heavy atom. The molecule has 0 aliphatic heterocycles. The lowest BCUT2D eigenvalue weighted by molar-refractivity contribution is -0.341. The number of allylic oxidation sites excluding steroid dienone is 3. The molecule has 1 atom stereocenters. The van der Waals surface area contributed by atoms with Gasteiger partial charge in [-0.1, -0.05) is 39.7 Å². The van der Waals surface area contributed by atoms with E-state index < -0.39 is 14.5 Å². The standard InChI is InChI=1S/C15H26O7Si/c1-9-11-15(16-10-2)23(20-17-12(3)4,21-18-13(5)6)22-19-14(7)8/h10,15H,2-3,5,7,9,11H2,1,4,6,8H3. The molecule has 7 nitrogen and oxygen atoms in total. The predicted octanol–water partition coefficient (Wildman–Crippen LogP) is 4.24. The van der Waals surface area contributed by atoms with E-state index in [1.807, 2.05) is 6.92 Å². The largest absolute Gasteiger partial charge is 0.656 e. The van der Waals surface area contributed by atoms with Crippen molar-refractivity contribution in [2.24, 2.45) is 0 Å². The first-order valence-electron chi connectivity index (χ1n) is 7.07. The zero-order valence-electron chi connectivity index (χ0n) is 14.3. The summed E-state index contributed by atoms with van der Waals surface area (Å²) in [6.45, 7) is 21.1. The van der Waals surface area contributed by atoms with Gasteiger partial charge in [0, 0.05) is 0 Å². The van der Waals surface area contributed by atoms with Crippen molar-refractivity contribution in [1.29, 1.82) is 0 Å². The molecule has 0 aromatic rings. The quantitative estimate of drug-likeness (QED) is 0.202. The van der Waals surface area contributed by atoms with E-state index in [1.54, 1.807) is 20.8 Å². The second-order valence-electron chi connectivity index (χ2n) is 4.79. The van der Waals surface area contributed by atoms with Gasteiger partial charge in [0.2, 0.25) is 0 Å². The first-order valence-corrected chi connectivity index (χ1v) is 8.87. The van der Waals surface area contributed by atoms with Crippen LogP contribution in [0.15, 0.2) is 49.9 Å². The van der Waals surface area contributed by atoms with Crippen LogP contribution < -0.4 is 0 Å². The molecule has 0 fully saturated rings. The molecule has 0 saturated heterocycles. The molecule has 23 heavy (non-hydrogen) atoms. The molecule has 0 spiro atoms. The van der Waals surface area contributed by atoms with Gasteiger partial charge < -0.3 is 19.4 Å². The molecule has 0 aliphatic rings. The van der Waals surface area contributed by atoms with E-state index >= 15 is 0 Å². The lowest BCUT2D eigenvalue weighted by Crippen LogP contribution is -2.56. The van der Waals surface area contributed by atoms with E-state index in [4.69, 9.17) is 33.1 Å². The third-order valence-corrected chi connectivity index (χ3v) is 4.27. The van der Waals surface area contributed by atoms with Gasteiger partial charge in [0.1, 0.15) is 17.3 Å². The van der Waals surface area contributed by atoms with E-state index in [2.05, 4.69) is 26.3 Å². The zero-order valence-corrected chi connectivity index (χ0v) is 15.3. The Bertz CT molecular complexity index is 376. The summed E-state index contributed by atoms with van der Waals surface area (Å²) in [4.78, 5) is 15.1. The number of hydrogen-bond donors (Lipinski definition) is 0. The summed E-state index contributed by atoms with van der Waals surface area (Å²) >= 11 is 0. The Morgan fingerprint density at radius 2 is 1.30 bits per heavy atom. The van der Waals surface area contributed by atoms with Crippen LogP contribution in [-0.2, 0) is 33.1 Å². The second-order valence-corrected chi connectivity index (χ2v) is 7.14. The maximum Gasteiger partial charge on any atom is 0.656 e. The average Bonchev–Trinajstić information content (AvgIpc) is 2.46. The highest BCUT2D eigenvalue weighted by Crippen LogP contribution is 2.25. The molecule has 0 aliphatic carbocycles. The smallest absolute Gasteiger partial charge is 0.494 e. The van der Waals surface area contributed by atoms with E-state index in [1.165, 1.54) is 6.26 Å². The maximum absolute atomic E-state index is 5.47. The van der Waals surface area contributed by atoms with Crippen LogP contribution in [0.25, 0.3) is 0 Å². The molecule has 0 heterocycles. The molecule has 0 amide bonds. The van der Waals surface area contributed by atoms with E-state index in [-0.39, 0.29) is 17.3 Å². The van der Waals surface area contributed by atoms with Crippen LogP contribution >= 0.6 is 0 Å². The van der Waals surface area contributed by atoms with Crippen LogP contribution in [0.5, 0.6) is 0 Å². The molecule has 0 radical (unpaired) electrons. The van der Waals surface area contributed by atoms with Gasteiger partial charge in [0.25, 0.3) is 0 Å². The Labute approximate surface area is 138 Å². The topological polar surface area (TPSA) is 64.6 Å². The summed E-state index contributed by atoms with van der Waals surface area (Å²) in [6.07, 6.45) is 2.51. The molecule has 0 bridgehead atoms. The normalized spacial score (nSPS) is 12.0. The molecular weight excluding hydrogens is 320 g/mol. The first kappa shape index (κ1) is 21.3. The van der Waals surface area contributed by atoms with Crippen molar-refractivity contribution < 1.29 is 33.1 Å². The first-order chi connectivity index (χ1) is 10.8. The van der Waals surface area contributed by atoms with E-state index in [9.17, 15) is 0 Å². The van der Waals surface area contributed by atoms with Gasteiger partial charge in [0.15, 0.2) is 5.73 Å². The third kappa shape index (κ3) is 8.46. The summed E-state index contributed by atoms with van der Waals surface area (Å²) in [5, 5.41) is 0. The maximum atomic E-state index is 5.47. The van der Waals surface area contributed by atoms with Gasteiger partial charge in [-0.05, 0) is 27.2 Å². The van der Waals surface area contributed by atoms with Gasteiger partial charge in [-0.25, -0.2) is 0 Å². The number of hydrogen-bond acceptors (Lipinski definition) is 7. The SMILES string of the molecule is C=COC(CCC)[Si](OOC(=C)C)(OOC(=C)C)OOC(=C)C. The van der Waals surface area contributed by atoms with Gasteiger partial charge in [0.05, 0.1) is 6.26 Å². The predicted molar refractivity (Wildman–Crippen MR) is 86.7 cm³/mol. The van der Waals surface area contributed by atoms with Crippen molar-refractivity contribution in [3.63, 3.8) is 0 Å². The lowest BCUT2D eigenvalue weighted by atomic mass is 10.4.